The largest absolute Gasteiger partial charge is 0.339 e. The molecule has 1 atom stereocenters. The van der Waals surface area contributed by atoms with Crippen molar-refractivity contribution in [3.8, 4) is 0 Å². The van der Waals surface area contributed by atoms with Gasteiger partial charge < -0.3 is 15.1 Å². The van der Waals surface area contributed by atoms with Crippen LogP contribution >= 0.6 is 0 Å². The molecule has 5 nitrogen and oxygen atoms in total. The Morgan fingerprint density at radius 3 is 2.71 bits per heavy atom. The lowest BCUT2D eigenvalue weighted by molar-refractivity contribution is -0.138. The van der Waals surface area contributed by atoms with Crippen LogP contribution in [-0.4, -0.2) is 60.9 Å². The second-order valence-corrected chi connectivity index (χ2v) is 4.88. The van der Waals surface area contributed by atoms with E-state index in [9.17, 15) is 9.59 Å². The van der Waals surface area contributed by atoms with Crippen LogP contribution in [0.1, 0.15) is 19.8 Å². The summed E-state index contributed by atoms with van der Waals surface area (Å²) in [6.45, 7) is 6.37. The van der Waals surface area contributed by atoms with Crippen LogP contribution in [0.4, 0.5) is 0 Å². The van der Waals surface area contributed by atoms with E-state index in [2.05, 4.69) is 12.2 Å². The average molecular weight is 239 g/mol. The molecule has 2 heterocycles. The minimum Gasteiger partial charge on any atom is -0.339 e. The van der Waals surface area contributed by atoms with Crippen LogP contribution in [0.2, 0.25) is 0 Å². The van der Waals surface area contributed by atoms with E-state index >= 15 is 0 Å². The van der Waals surface area contributed by atoms with Gasteiger partial charge in [0.15, 0.2) is 0 Å². The van der Waals surface area contributed by atoms with Gasteiger partial charge in [-0.05, 0) is 5.92 Å². The first-order valence-electron chi connectivity index (χ1n) is 6.47. The van der Waals surface area contributed by atoms with Gasteiger partial charge >= 0.3 is 0 Å². The molecule has 0 spiro atoms. The average Bonchev–Trinajstić information content (AvgIpc) is 2.71. The van der Waals surface area contributed by atoms with Gasteiger partial charge in [-0.15, -0.1) is 0 Å². The van der Waals surface area contributed by atoms with Gasteiger partial charge in [-0.3, -0.25) is 9.59 Å². The molecule has 2 saturated heterocycles. The van der Waals surface area contributed by atoms with Crippen molar-refractivity contribution < 1.29 is 9.59 Å². The number of piperazine rings is 1. The number of nitrogens with one attached hydrogen (secondary N) is 1. The highest BCUT2D eigenvalue weighted by Crippen LogP contribution is 2.20. The van der Waals surface area contributed by atoms with Gasteiger partial charge in [0.1, 0.15) is 0 Å². The standard InChI is InChI=1S/C12H21N3O2/c1-2-10-7-11(16)15(8-10)9-12(17)14-5-3-13-4-6-14/h10,13H,2-9H2,1H3. The molecule has 0 aromatic heterocycles. The summed E-state index contributed by atoms with van der Waals surface area (Å²) in [7, 11) is 0. The number of carbonyl (C=O) groups excluding carboxylic acids is 2. The third-order valence-corrected chi connectivity index (χ3v) is 3.67. The Hall–Kier alpha value is -1.10. The lowest BCUT2D eigenvalue weighted by Crippen LogP contribution is -2.49. The maximum Gasteiger partial charge on any atom is 0.242 e. The molecular weight excluding hydrogens is 218 g/mol. The molecule has 0 aromatic carbocycles. The van der Waals surface area contributed by atoms with Crippen LogP contribution in [0.25, 0.3) is 0 Å². The molecule has 0 aromatic rings. The van der Waals surface area contributed by atoms with Crippen LogP contribution < -0.4 is 5.32 Å². The Morgan fingerprint density at radius 2 is 2.12 bits per heavy atom. The molecule has 2 amide bonds. The smallest absolute Gasteiger partial charge is 0.242 e. The predicted octanol–water partition coefficient (Wildman–Crippen LogP) is -0.323. The summed E-state index contributed by atoms with van der Waals surface area (Å²) in [5.41, 5.74) is 0. The van der Waals surface area contributed by atoms with Crippen molar-refractivity contribution in [2.45, 2.75) is 19.8 Å². The number of likely N-dealkylation sites (tertiary alicyclic amines) is 1. The molecule has 0 radical (unpaired) electrons. The minimum absolute atomic E-state index is 0.0941. The minimum atomic E-state index is 0.0941. The second-order valence-electron chi connectivity index (χ2n) is 4.88. The molecule has 96 valence electrons. The highest BCUT2D eigenvalue weighted by Gasteiger charge is 2.30. The van der Waals surface area contributed by atoms with Crippen molar-refractivity contribution >= 4 is 11.8 Å². The first-order valence-corrected chi connectivity index (χ1v) is 6.47. The molecule has 2 aliphatic heterocycles. The van der Waals surface area contributed by atoms with Gasteiger partial charge in [-0.1, -0.05) is 13.3 Å². The zero-order valence-electron chi connectivity index (χ0n) is 10.4. The number of carbonyl (C=O) groups is 2. The highest BCUT2D eigenvalue weighted by atomic mass is 16.2. The van der Waals surface area contributed by atoms with Crippen LogP contribution in [0.5, 0.6) is 0 Å². The van der Waals surface area contributed by atoms with Crippen molar-refractivity contribution in [1.29, 1.82) is 0 Å². The van der Waals surface area contributed by atoms with E-state index < -0.39 is 0 Å². The van der Waals surface area contributed by atoms with Crippen LogP contribution in [-0.2, 0) is 9.59 Å². The number of hydrogen-bond acceptors (Lipinski definition) is 3. The number of hydrogen-bond donors (Lipinski definition) is 1. The van der Waals surface area contributed by atoms with E-state index in [1.165, 1.54) is 0 Å². The van der Waals surface area contributed by atoms with E-state index in [1.807, 2.05) is 4.90 Å². The number of rotatable bonds is 3. The lowest BCUT2D eigenvalue weighted by atomic mass is 10.1. The normalized spacial score (nSPS) is 25.5. The Kier molecular flexibility index (Phi) is 3.99. The fourth-order valence-corrected chi connectivity index (χ4v) is 2.46. The highest BCUT2D eigenvalue weighted by molar-refractivity contribution is 5.86. The van der Waals surface area contributed by atoms with Gasteiger partial charge in [0.2, 0.25) is 11.8 Å². The van der Waals surface area contributed by atoms with Crippen LogP contribution in [0.15, 0.2) is 0 Å². The summed E-state index contributed by atoms with van der Waals surface area (Å²) < 4.78 is 0. The number of amides is 2. The van der Waals surface area contributed by atoms with Gasteiger partial charge in [0.25, 0.3) is 0 Å². The van der Waals surface area contributed by atoms with Crippen LogP contribution in [0.3, 0.4) is 0 Å². The lowest BCUT2D eigenvalue weighted by Gasteiger charge is -2.29. The van der Waals surface area contributed by atoms with E-state index in [0.717, 1.165) is 39.1 Å². The molecule has 1 unspecified atom stereocenters. The monoisotopic (exact) mass is 239 g/mol. The molecule has 0 bridgehead atoms. The van der Waals surface area contributed by atoms with Gasteiger partial charge in [0, 0.05) is 39.1 Å². The third-order valence-electron chi connectivity index (χ3n) is 3.67. The van der Waals surface area contributed by atoms with E-state index in [-0.39, 0.29) is 18.4 Å². The maximum absolute atomic E-state index is 12.0. The molecule has 0 saturated carbocycles. The molecule has 2 aliphatic rings. The van der Waals surface area contributed by atoms with E-state index in [1.54, 1.807) is 4.90 Å². The predicted molar refractivity (Wildman–Crippen MR) is 64.4 cm³/mol. The van der Waals surface area contributed by atoms with Gasteiger partial charge in [0.05, 0.1) is 6.54 Å². The van der Waals surface area contributed by atoms with Crippen molar-refractivity contribution in [2.75, 3.05) is 39.3 Å². The molecule has 17 heavy (non-hydrogen) atoms. The third kappa shape index (κ3) is 2.97. The zero-order valence-corrected chi connectivity index (χ0v) is 10.4. The Morgan fingerprint density at radius 1 is 1.41 bits per heavy atom. The van der Waals surface area contributed by atoms with Crippen molar-refractivity contribution in [3.05, 3.63) is 0 Å². The van der Waals surface area contributed by atoms with Crippen molar-refractivity contribution in [3.63, 3.8) is 0 Å². The fraction of sp³-hybridized carbons (Fsp3) is 0.833. The number of nitrogens with zero attached hydrogens (tertiary/aromatic N) is 2. The molecule has 1 N–H and O–H groups in total. The summed E-state index contributed by atoms with van der Waals surface area (Å²) in [4.78, 5) is 27.3. The van der Waals surface area contributed by atoms with Crippen LogP contribution in [0, 0.1) is 5.92 Å². The summed E-state index contributed by atoms with van der Waals surface area (Å²) in [5.74, 6) is 0.676. The molecule has 5 heteroatoms. The molecular formula is C12H21N3O2. The van der Waals surface area contributed by atoms with E-state index in [0.29, 0.717) is 12.3 Å². The van der Waals surface area contributed by atoms with Gasteiger partial charge in [-0.25, -0.2) is 0 Å². The summed E-state index contributed by atoms with van der Waals surface area (Å²) >= 11 is 0. The molecule has 0 aliphatic carbocycles. The Bertz CT molecular complexity index is 300. The zero-order chi connectivity index (χ0) is 12.3. The Labute approximate surface area is 102 Å². The fourth-order valence-electron chi connectivity index (χ4n) is 2.46. The summed E-state index contributed by atoms with van der Waals surface area (Å²) in [6.07, 6.45) is 1.63. The molecule has 2 rings (SSSR count). The van der Waals surface area contributed by atoms with Crippen molar-refractivity contribution in [2.24, 2.45) is 5.92 Å². The van der Waals surface area contributed by atoms with Crippen molar-refractivity contribution in [1.82, 2.24) is 15.1 Å². The Balaban J connectivity index is 1.83. The summed E-state index contributed by atoms with van der Waals surface area (Å²) in [6, 6.07) is 0. The topological polar surface area (TPSA) is 52.7 Å². The van der Waals surface area contributed by atoms with E-state index in [4.69, 9.17) is 0 Å². The SMILES string of the molecule is CCC1CC(=O)N(CC(=O)N2CCNCC2)C1. The van der Waals surface area contributed by atoms with Gasteiger partial charge in [-0.2, -0.15) is 0 Å². The maximum atomic E-state index is 12.0. The summed E-state index contributed by atoms with van der Waals surface area (Å²) in [5, 5.41) is 3.21. The second kappa shape index (κ2) is 5.49. The molecule has 2 fully saturated rings. The first kappa shape index (κ1) is 12.4. The quantitative estimate of drug-likeness (QED) is 0.734. The first-order chi connectivity index (χ1) is 8.20.